The second-order valence-electron chi connectivity index (χ2n) is 7.21. The lowest BCUT2D eigenvalue weighted by molar-refractivity contribution is -0.133. The van der Waals surface area contributed by atoms with E-state index in [2.05, 4.69) is 10.6 Å². The summed E-state index contributed by atoms with van der Waals surface area (Å²) in [6.07, 6.45) is 0. The first-order valence-corrected chi connectivity index (χ1v) is 8.63. The molecule has 2 amide bonds. The van der Waals surface area contributed by atoms with Crippen LogP contribution in [-0.2, 0) is 4.79 Å². The molecule has 3 atom stereocenters. The maximum absolute atomic E-state index is 13.8. The van der Waals surface area contributed by atoms with Crippen molar-refractivity contribution in [2.75, 3.05) is 26.2 Å². The van der Waals surface area contributed by atoms with E-state index in [-0.39, 0.29) is 24.2 Å². The summed E-state index contributed by atoms with van der Waals surface area (Å²) in [5.41, 5.74) is -0.650. The molecular weight excluding hydrogens is 364 g/mol. The molecule has 2 heterocycles. The average molecular weight is 388 g/mol. The minimum atomic E-state index is -0.936. The van der Waals surface area contributed by atoms with Crippen molar-refractivity contribution >= 4 is 24.2 Å². The first kappa shape index (κ1) is 20.6. The molecule has 0 aliphatic carbocycles. The number of halogens is 3. The third-order valence-corrected chi connectivity index (χ3v) is 5.11. The Labute approximate surface area is 157 Å². The summed E-state index contributed by atoms with van der Waals surface area (Å²) in [6.45, 7) is 6.71. The lowest BCUT2D eigenvalue weighted by Crippen LogP contribution is -2.51. The number of rotatable bonds is 4. The Balaban J connectivity index is 0.00000243. The Bertz CT molecular complexity index is 654. The molecule has 0 saturated carbocycles. The monoisotopic (exact) mass is 387 g/mol. The van der Waals surface area contributed by atoms with Crippen LogP contribution >= 0.6 is 12.4 Å². The summed E-state index contributed by atoms with van der Waals surface area (Å²) >= 11 is 0. The second kappa shape index (κ2) is 8.31. The van der Waals surface area contributed by atoms with Gasteiger partial charge in [-0.15, -0.1) is 12.4 Å². The number of amides is 2. The van der Waals surface area contributed by atoms with Gasteiger partial charge in [0.25, 0.3) is 5.91 Å². The number of carbonyl (C=O) groups is 2. The van der Waals surface area contributed by atoms with Crippen LogP contribution in [0, 0.1) is 29.4 Å². The van der Waals surface area contributed by atoms with Gasteiger partial charge in [0.1, 0.15) is 23.2 Å². The minimum absolute atomic E-state index is 0. The smallest absolute Gasteiger partial charge is 0.257 e. The molecule has 1 aromatic rings. The number of likely N-dealkylation sites (tertiary alicyclic amines) is 1. The van der Waals surface area contributed by atoms with Crippen molar-refractivity contribution in [2.45, 2.75) is 19.9 Å². The lowest BCUT2D eigenvalue weighted by atomic mass is 10.0. The Morgan fingerprint density at radius 2 is 1.69 bits per heavy atom. The van der Waals surface area contributed by atoms with Gasteiger partial charge in [-0.1, -0.05) is 19.9 Å². The number of carbonyl (C=O) groups excluding carboxylic acids is 2. The van der Waals surface area contributed by atoms with Gasteiger partial charge in [0.2, 0.25) is 5.91 Å². The summed E-state index contributed by atoms with van der Waals surface area (Å²) in [6, 6.07) is 2.44. The highest BCUT2D eigenvalue weighted by Crippen LogP contribution is 2.27. The van der Waals surface area contributed by atoms with Gasteiger partial charge < -0.3 is 15.5 Å². The zero-order valence-corrected chi connectivity index (χ0v) is 15.6. The van der Waals surface area contributed by atoms with Crippen LogP contribution in [0.15, 0.2) is 18.2 Å². The van der Waals surface area contributed by atoms with Crippen molar-refractivity contribution in [1.82, 2.24) is 15.5 Å². The number of nitrogens with one attached hydrogen (secondary N) is 2. The van der Waals surface area contributed by atoms with E-state index in [1.54, 1.807) is 18.7 Å². The van der Waals surface area contributed by atoms with Crippen molar-refractivity contribution in [2.24, 2.45) is 17.8 Å². The number of hydrogen-bond acceptors (Lipinski definition) is 3. The summed E-state index contributed by atoms with van der Waals surface area (Å²) in [7, 11) is 0. The summed E-state index contributed by atoms with van der Waals surface area (Å²) in [5.74, 6) is -2.26. The van der Waals surface area contributed by atoms with E-state index in [4.69, 9.17) is 0 Å². The Hall–Kier alpha value is -1.73. The Morgan fingerprint density at radius 3 is 2.19 bits per heavy atom. The molecule has 3 rings (SSSR count). The number of nitrogens with zero attached hydrogens (tertiary/aromatic N) is 1. The predicted octanol–water partition coefficient (Wildman–Crippen LogP) is 1.82. The van der Waals surface area contributed by atoms with Gasteiger partial charge in [-0.05, 0) is 29.9 Å². The molecule has 1 unspecified atom stereocenters. The maximum atomic E-state index is 13.8. The van der Waals surface area contributed by atoms with Crippen molar-refractivity contribution in [3.8, 4) is 0 Å². The molecule has 2 saturated heterocycles. The van der Waals surface area contributed by atoms with Crippen LogP contribution in [0.25, 0.3) is 0 Å². The largest absolute Gasteiger partial charge is 0.340 e. The summed E-state index contributed by atoms with van der Waals surface area (Å²) < 4.78 is 27.6. The van der Waals surface area contributed by atoms with Gasteiger partial charge in [0.15, 0.2) is 0 Å². The van der Waals surface area contributed by atoms with Crippen LogP contribution in [0.1, 0.15) is 24.2 Å². The fourth-order valence-electron chi connectivity index (χ4n) is 3.67. The van der Waals surface area contributed by atoms with Crippen molar-refractivity contribution < 1.29 is 18.4 Å². The third kappa shape index (κ3) is 3.99. The standard InChI is InChI=1S/C18H23F2N3O2.ClH/c1-10(2)16(18(25)23-8-11-6-21-7-12(11)9-23)22-17(24)15-13(19)4-3-5-14(15)20;/h3-5,10-12,16,21H,6-9H2,1-2H3,(H,22,24);1H/t11-,12+,16?;. The number of hydrogen-bond donors (Lipinski definition) is 2. The van der Waals surface area contributed by atoms with E-state index < -0.39 is 29.1 Å². The molecule has 8 heteroatoms. The molecule has 0 bridgehead atoms. The van der Waals surface area contributed by atoms with Crippen molar-refractivity contribution in [3.05, 3.63) is 35.4 Å². The molecule has 144 valence electrons. The minimum Gasteiger partial charge on any atom is -0.340 e. The van der Waals surface area contributed by atoms with Gasteiger partial charge in [0.05, 0.1) is 0 Å². The first-order chi connectivity index (χ1) is 11.9. The van der Waals surface area contributed by atoms with Crippen LogP contribution in [0.3, 0.4) is 0 Å². The fraction of sp³-hybridized carbons (Fsp3) is 0.556. The Kier molecular flexibility index (Phi) is 6.58. The normalized spacial score (nSPS) is 22.7. The molecule has 2 N–H and O–H groups in total. The van der Waals surface area contributed by atoms with Crippen LogP contribution in [0.2, 0.25) is 0 Å². The molecule has 2 fully saturated rings. The molecule has 26 heavy (non-hydrogen) atoms. The van der Waals surface area contributed by atoms with Crippen LogP contribution < -0.4 is 10.6 Å². The highest BCUT2D eigenvalue weighted by Gasteiger charge is 2.40. The van der Waals surface area contributed by atoms with E-state index >= 15 is 0 Å². The zero-order valence-electron chi connectivity index (χ0n) is 14.8. The molecule has 1 aromatic carbocycles. The van der Waals surface area contributed by atoms with E-state index in [0.717, 1.165) is 25.2 Å². The summed E-state index contributed by atoms with van der Waals surface area (Å²) in [5, 5.41) is 5.84. The van der Waals surface area contributed by atoms with Crippen LogP contribution in [0.4, 0.5) is 8.78 Å². The Morgan fingerprint density at radius 1 is 1.15 bits per heavy atom. The molecule has 2 aliphatic heterocycles. The molecule has 5 nitrogen and oxygen atoms in total. The fourth-order valence-corrected chi connectivity index (χ4v) is 3.67. The number of benzene rings is 1. The molecule has 0 spiro atoms. The van der Waals surface area contributed by atoms with E-state index in [0.29, 0.717) is 24.9 Å². The maximum Gasteiger partial charge on any atom is 0.257 e. The molecule has 0 radical (unpaired) electrons. The van der Waals surface area contributed by atoms with Crippen LogP contribution in [0.5, 0.6) is 0 Å². The van der Waals surface area contributed by atoms with Gasteiger partial charge in [-0.3, -0.25) is 9.59 Å². The average Bonchev–Trinajstić information content (AvgIpc) is 3.13. The van der Waals surface area contributed by atoms with Crippen LogP contribution in [-0.4, -0.2) is 48.9 Å². The van der Waals surface area contributed by atoms with Crippen molar-refractivity contribution in [1.29, 1.82) is 0 Å². The van der Waals surface area contributed by atoms with E-state index in [1.165, 1.54) is 6.07 Å². The molecule has 0 aromatic heterocycles. The van der Waals surface area contributed by atoms with Gasteiger partial charge in [0, 0.05) is 26.2 Å². The SMILES string of the molecule is CC(C)C(NC(=O)c1c(F)cccc1F)C(=O)N1C[C@H]2CNC[C@H]2C1.Cl. The van der Waals surface area contributed by atoms with E-state index in [9.17, 15) is 18.4 Å². The van der Waals surface area contributed by atoms with E-state index in [1.807, 2.05) is 0 Å². The zero-order chi connectivity index (χ0) is 18.1. The van der Waals surface area contributed by atoms with Gasteiger partial charge in [-0.2, -0.15) is 0 Å². The first-order valence-electron chi connectivity index (χ1n) is 8.63. The lowest BCUT2D eigenvalue weighted by Gasteiger charge is -2.27. The van der Waals surface area contributed by atoms with Crippen molar-refractivity contribution in [3.63, 3.8) is 0 Å². The quantitative estimate of drug-likeness (QED) is 0.828. The molecule has 2 aliphatic rings. The second-order valence-corrected chi connectivity index (χ2v) is 7.21. The predicted molar refractivity (Wildman–Crippen MR) is 96.1 cm³/mol. The molecular formula is C18H24ClF2N3O2. The summed E-state index contributed by atoms with van der Waals surface area (Å²) in [4.78, 5) is 27.0. The number of fused-ring (bicyclic) bond motifs is 1. The topological polar surface area (TPSA) is 61.4 Å². The van der Waals surface area contributed by atoms with Gasteiger partial charge >= 0.3 is 0 Å². The highest BCUT2D eigenvalue weighted by molar-refractivity contribution is 5.98. The highest BCUT2D eigenvalue weighted by atomic mass is 35.5. The van der Waals surface area contributed by atoms with Gasteiger partial charge in [-0.25, -0.2) is 8.78 Å². The third-order valence-electron chi connectivity index (χ3n) is 5.11.